The van der Waals surface area contributed by atoms with Gasteiger partial charge in [-0.05, 0) is 50.9 Å². The van der Waals surface area contributed by atoms with Gasteiger partial charge in [-0.15, -0.1) is 11.3 Å². The molecule has 3 rings (SSSR count). The number of carbonyl (C=O) groups is 1. The number of aromatic nitrogens is 1. The third-order valence-corrected chi connectivity index (χ3v) is 7.09. The maximum atomic E-state index is 13.2. The number of nitrogens with zero attached hydrogens (tertiary/aromatic N) is 2. The summed E-state index contributed by atoms with van der Waals surface area (Å²) in [7, 11) is 0. The Bertz CT molecular complexity index is 793. The SMILES string of the molecule is CCN(CC)C1CCNC(C(=O)c2sc(-c3ccc(C(C)C)cc3)nc2C)C1. The van der Waals surface area contributed by atoms with Crippen LogP contribution in [0.1, 0.15) is 67.4 Å². The fourth-order valence-corrected chi connectivity index (χ4v) is 5.15. The summed E-state index contributed by atoms with van der Waals surface area (Å²) in [5.74, 6) is 0.720. The molecular formula is C23H33N3OS. The summed E-state index contributed by atoms with van der Waals surface area (Å²) in [6.07, 6.45) is 2.00. The molecule has 2 unspecified atom stereocenters. The van der Waals surface area contributed by atoms with Gasteiger partial charge >= 0.3 is 0 Å². The number of piperidine rings is 1. The van der Waals surface area contributed by atoms with Gasteiger partial charge in [-0.1, -0.05) is 52.0 Å². The topological polar surface area (TPSA) is 45.2 Å². The van der Waals surface area contributed by atoms with E-state index in [-0.39, 0.29) is 11.8 Å². The Morgan fingerprint density at radius 3 is 2.54 bits per heavy atom. The molecule has 0 aliphatic carbocycles. The normalized spacial score (nSPS) is 20.1. The maximum Gasteiger partial charge on any atom is 0.191 e. The number of hydrogen-bond donors (Lipinski definition) is 1. The second-order valence-electron chi connectivity index (χ2n) is 7.98. The van der Waals surface area contributed by atoms with Crippen molar-refractivity contribution in [3.8, 4) is 10.6 Å². The molecule has 1 fully saturated rings. The summed E-state index contributed by atoms with van der Waals surface area (Å²) >= 11 is 1.54. The number of aryl methyl sites for hydroxylation is 1. The van der Waals surface area contributed by atoms with Crippen molar-refractivity contribution in [2.75, 3.05) is 19.6 Å². The van der Waals surface area contributed by atoms with E-state index in [2.05, 4.69) is 62.2 Å². The molecule has 2 atom stereocenters. The molecule has 0 amide bonds. The predicted octanol–water partition coefficient (Wildman–Crippen LogP) is 4.89. The number of hydrogen-bond acceptors (Lipinski definition) is 5. The number of Topliss-reactive ketones (excluding diaryl/α,β-unsaturated/α-hetero) is 1. The van der Waals surface area contributed by atoms with Crippen LogP contribution in [-0.2, 0) is 0 Å². The van der Waals surface area contributed by atoms with Crippen molar-refractivity contribution >= 4 is 17.1 Å². The van der Waals surface area contributed by atoms with E-state index in [1.807, 2.05) is 6.92 Å². The molecule has 4 nitrogen and oxygen atoms in total. The van der Waals surface area contributed by atoms with Gasteiger partial charge in [0.1, 0.15) is 5.01 Å². The lowest BCUT2D eigenvalue weighted by Crippen LogP contribution is -2.50. The van der Waals surface area contributed by atoms with E-state index in [9.17, 15) is 4.79 Å². The Labute approximate surface area is 173 Å². The fraction of sp³-hybridized carbons (Fsp3) is 0.565. The van der Waals surface area contributed by atoms with E-state index in [0.29, 0.717) is 12.0 Å². The van der Waals surface area contributed by atoms with E-state index in [1.165, 1.54) is 16.9 Å². The highest BCUT2D eigenvalue weighted by molar-refractivity contribution is 7.17. The molecule has 2 heterocycles. The number of rotatable bonds is 7. The molecule has 1 aromatic heterocycles. The first-order chi connectivity index (χ1) is 13.4. The highest BCUT2D eigenvalue weighted by Crippen LogP contribution is 2.31. The monoisotopic (exact) mass is 399 g/mol. The summed E-state index contributed by atoms with van der Waals surface area (Å²) < 4.78 is 0. The van der Waals surface area contributed by atoms with Crippen LogP contribution in [0, 0.1) is 6.92 Å². The van der Waals surface area contributed by atoms with Crippen molar-refractivity contribution in [1.29, 1.82) is 0 Å². The molecule has 152 valence electrons. The first-order valence-corrected chi connectivity index (χ1v) is 11.4. The molecule has 0 saturated carbocycles. The third kappa shape index (κ3) is 4.53. The summed E-state index contributed by atoms with van der Waals surface area (Å²) in [5.41, 5.74) is 3.26. The first-order valence-electron chi connectivity index (χ1n) is 10.5. The van der Waals surface area contributed by atoms with Crippen molar-refractivity contribution < 1.29 is 4.79 Å². The van der Waals surface area contributed by atoms with Crippen LogP contribution in [0.25, 0.3) is 10.6 Å². The van der Waals surface area contributed by atoms with Crippen LogP contribution in [0.2, 0.25) is 0 Å². The van der Waals surface area contributed by atoms with Gasteiger partial charge in [-0.2, -0.15) is 0 Å². The molecule has 1 aliphatic rings. The second kappa shape index (κ2) is 9.29. The molecule has 0 bridgehead atoms. The summed E-state index contributed by atoms with van der Waals surface area (Å²) in [6.45, 7) is 13.7. The Balaban J connectivity index is 1.77. The average molecular weight is 400 g/mol. The second-order valence-corrected chi connectivity index (χ2v) is 8.98. The van der Waals surface area contributed by atoms with Crippen LogP contribution < -0.4 is 5.32 Å². The zero-order valence-corrected chi connectivity index (χ0v) is 18.6. The summed E-state index contributed by atoms with van der Waals surface area (Å²) in [4.78, 5) is 21.2. The largest absolute Gasteiger partial charge is 0.307 e. The van der Waals surface area contributed by atoms with Crippen molar-refractivity contribution in [1.82, 2.24) is 15.2 Å². The molecule has 1 saturated heterocycles. The van der Waals surface area contributed by atoms with Crippen molar-refractivity contribution in [2.24, 2.45) is 0 Å². The Morgan fingerprint density at radius 2 is 1.93 bits per heavy atom. The summed E-state index contributed by atoms with van der Waals surface area (Å²) in [6, 6.07) is 8.95. The van der Waals surface area contributed by atoms with Crippen LogP contribution in [0.5, 0.6) is 0 Å². The van der Waals surface area contributed by atoms with E-state index in [1.54, 1.807) is 0 Å². The molecule has 5 heteroatoms. The van der Waals surface area contributed by atoms with Gasteiger partial charge < -0.3 is 10.2 Å². The Hall–Kier alpha value is -1.56. The minimum absolute atomic E-state index is 0.102. The number of carbonyl (C=O) groups excluding carboxylic acids is 1. The van der Waals surface area contributed by atoms with E-state index < -0.39 is 0 Å². The zero-order valence-electron chi connectivity index (χ0n) is 17.8. The van der Waals surface area contributed by atoms with Crippen LogP contribution in [0.3, 0.4) is 0 Å². The van der Waals surface area contributed by atoms with Crippen molar-refractivity contribution in [2.45, 2.75) is 65.5 Å². The number of ketones is 1. The van der Waals surface area contributed by atoms with Crippen molar-refractivity contribution in [3.05, 3.63) is 40.4 Å². The van der Waals surface area contributed by atoms with Gasteiger partial charge in [0.05, 0.1) is 16.6 Å². The summed E-state index contributed by atoms with van der Waals surface area (Å²) in [5, 5.41) is 4.39. The minimum Gasteiger partial charge on any atom is -0.307 e. The Morgan fingerprint density at radius 1 is 1.25 bits per heavy atom. The number of nitrogens with one attached hydrogen (secondary N) is 1. The first kappa shape index (κ1) is 21.2. The molecule has 28 heavy (non-hydrogen) atoms. The standard InChI is InChI=1S/C23H33N3OS/c1-6-26(7-2)19-12-13-24-20(14-19)21(27)22-16(5)25-23(28-22)18-10-8-17(9-11-18)15(3)4/h8-11,15,19-20,24H,6-7,12-14H2,1-5H3. The van der Waals surface area contributed by atoms with Crippen LogP contribution >= 0.6 is 11.3 Å². The molecule has 1 N–H and O–H groups in total. The van der Waals surface area contributed by atoms with Gasteiger partial charge in [0.25, 0.3) is 0 Å². The van der Waals surface area contributed by atoms with Crippen LogP contribution in [0.15, 0.2) is 24.3 Å². The van der Waals surface area contributed by atoms with E-state index >= 15 is 0 Å². The van der Waals surface area contributed by atoms with Crippen molar-refractivity contribution in [3.63, 3.8) is 0 Å². The predicted molar refractivity (Wildman–Crippen MR) is 118 cm³/mol. The molecule has 2 aromatic rings. The average Bonchev–Trinajstić information content (AvgIpc) is 3.10. The number of benzene rings is 1. The highest BCUT2D eigenvalue weighted by atomic mass is 32.1. The van der Waals surface area contributed by atoms with E-state index in [4.69, 9.17) is 4.98 Å². The van der Waals surface area contributed by atoms with Gasteiger partial charge in [0.2, 0.25) is 0 Å². The minimum atomic E-state index is -0.102. The third-order valence-electron chi connectivity index (χ3n) is 5.87. The van der Waals surface area contributed by atoms with Gasteiger partial charge in [0.15, 0.2) is 5.78 Å². The smallest absolute Gasteiger partial charge is 0.191 e. The molecule has 1 aliphatic heterocycles. The lowest BCUT2D eigenvalue weighted by atomic mass is 9.94. The van der Waals surface area contributed by atoms with Gasteiger partial charge in [-0.25, -0.2) is 4.98 Å². The number of thiazole rings is 1. The highest BCUT2D eigenvalue weighted by Gasteiger charge is 2.31. The van der Waals surface area contributed by atoms with Gasteiger partial charge in [-0.3, -0.25) is 4.79 Å². The van der Waals surface area contributed by atoms with Crippen LogP contribution in [0.4, 0.5) is 0 Å². The fourth-order valence-electron chi connectivity index (χ4n) is 4.09. The van der Waals surface area contributed by atoms with Crippen LogP contribution in [-0.4, -0.2) is 47.4 Å². The molecular weight excluding hydrogens is 366 g/mol. The maximum absolute atomic E-state index is 13.2. The lowest BCUT2D eigenvalue weighted by molar-refractivity contribution is 0.0870. The molecule has 1 aromatic carbocycles. The molecule has 0 radical (unpaired) electrons. The van der Waals surface area contributed by atoms with Gasteiger partial charge in [0, 0.05) is 11.6 Å². The van der Waals surface area contributed by atoms with E-state index in [0.717, 1.165) is 53.6 Å². The zero-order chi connectivity index (χ0) is 20.3. The lowest BCUT2D eigenvalue weighted by Gasteiger charge is -2.36. The quantitative estimate of drug-likeness (QED) is 0.674. The molecule has 0 spiro atoms. The Kier molecular flexibility index (Phi) is 7.02.